The summed E-state index contributed by atoms with van der Waals surface area (Å²) in [5, 5.41) is 11.0. The molecular formula is C17H28N4O. The van der Waals surface area contributed by atoms with Gasteiger partial charge >= 0.3 is 0 Å². The van der Waals surface area contributed by atoms with Crippen molar-refractivity contribution in [3.05, 3.63) is 18.0 Å². The van der Waals surface area contributed by atoms with E-state index in [1.807, 2.05) is 24.1 Å². The maximum absolute atomic E-state index is 12.8. The summed E-state index contributed by atoms with van der Waals surface area (Å²) in [5.41, 5.74) is 1.16. The molecule has 5 heteroatoms. The minimum absolute atomic E-state index is 0.0219. The van der Waals surface area contributed by atoms with Gasteiger partial charge in [-0.25, -0.2) is 0 Å². The van der Waals surface area contributed by atoms with Crippen LogP contribution in [0.1, 0.15) is 44.6 Å². The fourth-order valence-corrected chi connectivity index (χ4v) is 4.01. The predicted molar refractivity (Wildman–Crippen MR) is 86.4 cm³/mol. The van der Waals surface area contributed by atoms with Crippen LogP contribution in [0.4, 0.5) is 0 Å². The SMILES string of the molecule is CC1CCCC(NC(=O)[C@H]2CNC[C@@H]2c2cnn(C)c2)C1C. The van der Waals surface area contributed by atoms with Crippen LogP contribution < -0.4 is 10.6 Å². The molecule has 2 fully saturated rings. The van der Waals surface area contributed by atoms with E-state index >= 15 is 0 Å². The van der Waals surface area contributed by atoms with Crippen LogP contribution in [0.2, 0.25) is 0 Å². The van der Waals surface area contributed by atoms with Gasteiger partial charge in [0.2, 0.25) is 5.91 Å². The number of aryl methyl sites for hydroxylation is 1. The third-order valence-corrected chi connectivity index (χ3v) is 5.74. The van der Waals surface area contributed by atoms with E-state index in [4.69, 9.17) is 0 Å². The van der Waals surface area contributed by atoms with Gasteiger partial charge in [-0.05, 0) is 23.8 Å². The van der Waals surface area contributed by atoms with E-state index in [2.05, 4.69) is 29.6 Å². The molecule has 0 radical (unpaired) electrons. The van der Waals surface area contributed by atoms with Crippen molar-refractivity contribution in [1.82, 2.24) is 20.4 Å². The molecular weight excluding hydrogens is 276 g/mol. The van der Waals surface area contributed by atoms with Crippen LogP contribution in [-0.4, -0.2) is 34.8 Å². The molecule has 1 aromatic rings. The van der Waals surface area contributed by atoms with Crippen LogP contribution in [0, 0.1) is 17.8 Å². The van der Waals surface area contributed by atoms with Gasteiger partial charge in [-0.2, -0.15) is 5.10 Å². The number of aromatic nitrogens is 2. The van der Waals surface area contributed by atoms with Gasteiger partial charge < -0.3 is 10.6 Å². The van der Waals surface area contributed by atoms with Crippen molar-refractivity contribution in [2.45, 2.75) is 45.1 Å². The number of amides is 1. The van der Waals surface area contributed by atoms with Gasteiger partial charge in [0.25, 0.3) is 0 Å². The van der Waals surface area contributed by atoms with Crippen LogP contribution in [0.25, 0.3) is 0 Å². The second-order valence-electron chi connectivity index (χ2n) is 7.20. The van der Waals surface area contributed by atoms with E-state index in [-0.39, 0.29) is 17.7 Å². The molecule has 3 unspecified atom stereocenters. The number of carbonyl (C=O) groups excluding carboxylic acids is 1. The summed E-state index contributed by atoms with van der Waals surface area (Å²) >= 11 is 0. The van der Waals surface area contributed by atoms with Crippen molar-refractivity contribution < 1.29 is 4.79 Å². The predicted octanol–water partition coefficient (Wildman–Crippen LogP) is 1.66. The number of nitrogens with zero attached hydrogens (tertiary/aromatic N) is 2. The zero-order chi connectivity index (χ0) is 15.7. The Kier molecular flexibility index (Phi) is 4.52. The molecule has 2 N–H and O–H groups in total. The zero-order valence-corrected chi connectivity index (χ0v) is 13.9. The number of hydrogen-bond donors (Lipinski definition) is 2. The Hall–Kier alpha value is -1.36. The Morgan fingerprint density at radius 1 is 1.36 bits per heavy atom. The summed E-state index contributed by atoms with van der Waals surface area (Å²) in [5.74, 6) is 1.75. The molecule has 0 aromatic carbocycles. The third-order valence-electron chi connectivity index (χ3n) is 5.74. The van der Waals surface area contributed by atoms with Gasteiger partial charge in [-0.15, -0.1) is 0 Å². The molecule has 0 bridgehead atoms. The molecule has 122 valence electrons. The van der Waals surface area contributed by atoms with Gasteiger partial charge in [0, 0.05) is 38.3 Å². The first kappa shape index (κ1) is 15.5. The minimum Gasteiger partial charge on any atom is -0.353 e. The molecule has 1 saturated carbocycles. The van der Waals surface area contributed by atoms with Crippen LogP contribution in [0.15, 0.2) is 12.4 Å². The summed E-state index contributed by atoms with van der Waals surface area (Å²) in [6.45, 7) is 6.21. The van der Waals surface area contributed by atoms with Crippen LogP contribution in [-0.2, 0) is 11.8 Å². The van der Waals surface area contributed by atoms with Gasteiger partial charge in [0.05, 0.1) is 12.1 Å². The third kappa shape index (κ3) is 3.05. The largest absolute Gasteiger partial charge is 0.353 e. The first-order valence-corrected chi connectivity index (χ1v) is 8.56. The Bertz CT molecular complexity index is 526. The van der Waals surface area contributed by atoms with Crippen molar-refractivity contribution in [3.63, 3.8) is 0 Å². The number of rotatable bonds is 3. The fraction of sp³-hybridized carbons (Fsp3) is 0.765. The molecule has 1 aliphatic heterocycles. The second-order valence-corrected chi connectivity index (χ2v) is 7.20. The Morgan fingerprint density at radius 2 is 2.18 bits per heavy atom. The maximum atomic E-state index is 12.8. The van der Waals surface area contributed by atoms with E-state index in [1.165, 1.54) is 12.8 Å². The standard InChI is InChI=1S/C17H28N4O/c1-11-5-4-6-16(12(11)2)20-17(22)15-9-18-8-14(15)13-7-19-21(3)10-13/h7,10-12,14-16,18H,4-6,8-9H2,1-3H3,(H,20,22)/t11?,12?,14-,15+,16?/m1/s1. The van der Waals surface area contributed by atoms with E-state index < -0.39 is 0 Å². The van der Waals surface area contributed by atoms with Crippen LogP contribution in [0.5, 0.6) is 0 Å². The molecule has 2 heterocycles. The lowest BCUT2D eigenvalue weighted by Crippen LogP contribution is -2.47. The van der Waals surface area contributed by atoms with Crippen molar-refractivity contribution in [1.29, 1.82) is 0 Å². The quantitative estimate of drug-likeness (QED) is 0.893. The first-order valence-electron chi connectivity index (χ1n) is 8.56. The van der Waals surface area contributed by atoms with Crippen LogP contribution >= 0.6 is 0 Å². The van der Waals surface area contributed by atoms with Gasteiger partial charge in [0.15, 0.2) is 0 Å². The van der Waals surface area contributed by atoms with E-state index in [0.717, 1.165) is 25.1 Å². The van der Waals surface area contributed by atoms with Gasteiger partial charge in [-0.1, -0.05) is 26.7 Å². The highest BCUT2D eigenvalue weighted by atomic mass is 16.2. The van der Waals surface area contributed by atoms with Crippen LogP contribution in [0.3, 0.4) is 0 Å². The normalized spacial score (nSPS) is 35.5. The Labute approximate surface area is 132 Å². The number of nitrogens with one attached hydrogen (secondary N) is 2. The van der Waals surface area contributed by atoms with E-state index in [9.17, 15) is 4.79 Å². The molecule has 5 atom stereocenters. The summed E-state index contributed by atoms with van der Waals surface area (Å²) in [4.78, 5) is 12.8. The molecule has 0 spiro atoms. The smallest absolute Gasteiger partial charge is 0.225 e. The van der Waals surface area contributed by atoms with Gasteiger partial charge in [-0.3, -0.25) is 9.48 Å². The lowest BCUT2D eigenvalue weighted by molar-refractivity contribution is -0.126. The van der Waals surface area contributed by atoms with Crippen molar-refractivity contribution in [2.75, 3.05) is 13.1 Å². The monoisotopic (exact) mass is 304 g/mol. The highest BCUT2D eigenvalue weighted by molar-refractivity contribution is 5.80. The Balaban J connectivity index is 1.66. The second kappa shape index (κ2) is 6.41. The molecule has 2 aliphatic rings. The highest BCUT2D eigenvalue weighted by Crippen LogP contribution is 2.31. The lowest BCUT2D eigenvalue weighted by Gasteiger charge is -2.35. The highest BCUT2D eigenvalue weighted by Gasteiger charge is 2.37. The molecule has 22 heavy (non-hydrogen) atoms. The van der Waals surface area contributed by atoms with Crippen molar-refractivity contribution in [3.8, 4) is 0 Å². The van der Waals surface area contributed by atoms with E-state index in [0.29, 0.717) is 17.9 Å². The maximum Gasteiger partial charge on any atom is 0.225 e. The summed E-state index contributed by atoms with van der Waals surface area (Å²) in [7, 11) is 1.92. The molecule has 3 rings (SSSR count). The van der Waals surface area contributed by atoms with E-state index in [1.54, 1.807) is 0 Å². The van der Waals surface area contributed by atoms with Crippen molar-refractivity contribution >= 4 is 5.91 Å². The average Bonchev–Trinajstić information content (AvgIpc) is 3.12. The van der Waals surface area contributed by atoms with Crippen molar-refractivity contribution in [2.24, 2.45) is 24.8 Å². The zero-order valence-electron chi connectivity index (χ0n) is 13.9. The summed E-state index contributed by atoms with van der Waals surface area (Å²) < 4.78 is 1.81. The molecule has 1 aliphatic carbocycles. The van der Waals surface area contributed by atoms with Gasteiger partial charge in [0.1, 0.15) is 0 Å². The number of hydrogen-bond acceptors (Lipinski definition) is 3. The first-order chi connectivity index (χ1) is 10.6. The average molecular weight is 304 g/mol. The fourth-order valence-electron chi connectivity index (χ4n) is 4.01. The molecule has 5 nitrogen and oxygen atoms in total. The topological polar surface area (TPSA) is 59.0 Å². The Morgan fingerprint density at radius 3 is 2.91 bits per heavy atom. The number of carbonyl (C=O) groups is 1. The molecule has 1 saturated heterocycles. The molecule has 1 aromatic heterocycles. The summed E-state index contributed by atoms with van der Waals surface area (Å²) in [6.07, 6.45) is 7.56. The lowest BCUT2D eigenvalue weighted by atomic mass is 9.77. The minimum atomic E-state index is 0.0219. The summed E-state index contributed by atoms with van der Waals surface area (Å²) in [6, 6.07) is 0.339. The molecule has 1 amide bonds.